The summed E-state index contributed by atoms with van der Waals surface area (Å²) in [5.41, 5.74) is 7.05. The number of halogens is 1. The van der Waals surface area contributed by atoms with Crippen LogP contribution in [0.2, 0.25) is 0 Å². The van der Waals surface area contributed by atoms with E-state index in [0.717, 1.165) is 10.0 Å². The van der Waals surface area contributed by atoms with Crippen molar-refractivity contribution in [1.29, 1.82) is 5.26 Å². The summed E-state index contributed by atoms with van der Waals surface area (Å²) in [6.45, 7) is 2.12. The normalized spacial score (nSPS) is 9.96. The van der Waals surface area contributed by atoms with E-state index in [1.807, 2.05) is 30.3 Å². The van der Waals surface area contributed by atoms with Crippen molar-refractivity contribution >= 4 is 33.3 Å². The number of hydrogen-bond acceptors (Lipinski definition) is 5. The van der Waals surface area contributed by atoms with Gasteiger partial charge in [-0.05, 0) is 18.6 Å². The van der Waals surface area contributed by atoms with Gasteiger partial charge in [0.05, 0.1) is 18.7 Å². The number of rotatable bonds is 5. The first-order valence-corrected chi connectivity index (χ1v) is 7.71. The number of carbonyl (C=O) groups excluding carboxylic acids is 1. The monoisotopic (exact) mass is 374 g/mol. The molecule has 1 aromatic heterocycles. The zero-order chi connectivity index (χ0) is 16.8. The standard InChI is InChI=1S/C16H15BrN4O2/c1-2-23-16-11(9-18)13(19)8-14(21-16)20-15(22)7-10-5-3-4-6-12(10)17/h3-6,8H,2,7H2,1H3,(H3,19,20,21,22). The summed E-state index contributed by atoms with van der Waals surface area (Å²) >= 11 is 3.40. The fourth-order valence-electron chi connectivity index (χ4n) is 1.96. The minimum absolute atomic E-state index is 0.117. The lowest BCUT2D eigenvalue weighted by Crippen LogP contribution is -2.16. The molecule has 1 aromatic carbocycles. The zero-order valence-corrected chi connectivity index (χ0v) is 14.1. The Morgan fingerprint density at radius 2 is 2.22 bits per heavy atom. The van der Waals surface area contributed by atoms with Crippen molar-refractivity contribution < 1.29 is 9.53 Å². The van der Waals surface area contributed by atoms with Gasteiger partial charge in [0, 0.05) is 10.5 Å². The predicted octanol–water partition coefficient (Wildman–Crippen LogP) is 2.88. The second kappa shape index (κ2) is 7.61. The summed E-state index contributed by atoms with van der Waals surface area (Å²) < 4.78 is 6.15. The van der Waals surface area contributed by atoms with Crippen LogP contribution in [0.5, 0.6) is 5.88 Å². The molecule has 0 saturated heterocycles. The lowest BCUT2D eigenvalue weighted by atomic mass is 10.1. The fourth-order valence-corrected chi connectivity index (χ4v) is 2.38. The Bertz CT molecular complexity index is 771. The number of nitrogens with two attached hydrogens (primary N) is 1. The summed E-state index contributed by atoms with van der Waals surface area (Å²) in [7, 11) is 0. The summed E-state index contributed by atoms with van der Waals surface area (Å²) in [6.07, 6.45) is 0.187. The lowest BCUT2D eigenvalue weighted by molar-refractivity contribution is -0.115. The third-order valence-electron chi connectivity index (χ3n) is 2.99. The number of pyridine rings is 1. The van der Waals surface area contributed by atoms with Crippen molar-refractivity contribution in [3.8, 4) is 11.9 Å². The Morgan fingerprint density at radius 3 is 2.87 bits per heavy atom. The number of nitrogens with one attached hydrogen (secondary N) is 1. The van der Waals surface area contributed by atoms with Gasteiger partial charge in [-0.25, -0.2) is 0 Å². The Labute approximate surface area is 142 Å². The number of nitrogens with zero attached hydrogens (tertiary/aromatic N) is 2. The van der Waals surface area contributed by atoms with Crippen LogP contribution in [0.4, 0.5) is 11.5 Å². The molecule has 0 radical (unpaired) electrons. The molecule has 0 fully saturated rings. The molecule has 0 bridgehead atoms. The summed E-state index contributed by atoms with van der Waals surface area (Å²) in [5, 5.41) is 11.7. The maximum Gasteiger partial charge on any atom is 0.235 e. The number of anilines is 2. The molecule has 2 rings (SSSR count). The summed E-state index contributed by atoms with van der Waals surface area (Å²) in [4.78, 5) is 16.3. The van der Waals surface area contributed by atoms with E-state index in [0.29, 0.717) is 6.61 Å². The second-order valence-electron chi connectivity index (χ2n) is 4.64. The van der Waals surface area contributed by atoms with Gasteiger partial charge in [0.15, 0.2) is 0 Å². The van der Waals surface area contributed by atoms with Crippen LogP contribution in [-0.4, -0.2) is 17.5 Å². The molecule has 1 amide bonds. The molecule has 0 saturated carbocycles. The highest BCUT2D eigenvalue weighted by Gasteiger charge is 2.14. The van der Waals surface area contributed by atoms with Gasteiger partial charge in [-0.2, -0.15) is 10.2 Å². The largest absolute Gasteiger partial charge is 0.477 e. The van der Waals surface area contributed by atoms with Gasteiger partial charge in [0.1, 0.15) is 17.5 Å². The molecule has 0 spiro atoms. The van der Waals surface area contributed by atoms with E-state index in [9.17, 15) is 4.79 Å². The molecule has 23 heavy (non-hydrogen) atoms. The van der Waals surface area contributed by atoms with Crippen molar-refractivity contribution in [3.63, 3.8) is 0 Å². The molecule has 0 aliphatic heterocycles. The molecule has 0 unspecified atom stereocenters. The van der Waals surface area contributed by atoms with E-state index in [1.165, 1.54) is 6.07 Å². The highest BCUT2D eigenvalue weighted by Crippen LogP contribution is 2.25. The maximum atomic E-state index is 12.2. The molecule has 1 heterocycles. The van der Waals surface area contributed by atoms with Crippen LogP contribution in [0.25, 0.3) is 0 Å². The van der Waals surface area contributed by atoms with E-state index in [4.69, 9.17) is 15.7 Å². The number of amides is 1. The fraction of sp³-hybridized carbons (Fsp3) is 0.188. The molecular weight excluding hydrogens is 360 g/mol. The number of aromatic nitrogens is 1. The first-order chi connectivity index (χ1) is 11.0. The van der Waals surface area contributed by atoms with Crippen LogP contribution in [0.3, 0.4) is 0 Å². The van der Waals surface area contributed by atoms with Crippen molar-refractivity contribution in [2.24, 2.45) is 0 Å². The van der Waals surface area contributed by atoms with Crippen LogP contribution < -0.4 is 15.8 Å². The van der Waals surface area contributed by atoms with Crippen molar-refractivity contribution in [2.75, 3.05) is 17.7 Å². The minimum Gasteiger partial charge on any atom is -0.477 e. The first kappa shape index (κ1) is 16.8. The Kier molecular flexibility index (Phi) is 5.55. The maximum absolute atomic E-state index is 12.2. The van der Waals surface area contributed by atoms with Crippen LogP contribution in [0.15, 0.2) is 34.8 Å². The molecule has 118 valence electrons. The number of ether oxygens (including phenoxy) is 1. The lowest BCUT2D eigenvalue weighted by Gasteiger charge is -2.11. The van der Waals surface area contributed by atoms with E-state index in [-0.39, 0.29) is 35.3 Å². The summed E-state index contributed by atoms with van der Waals surface area (Å²) in [6, 6.07) is 10.9. The Balaban J connectivity index is 2.18. The van der Waals surface area contributed by atoms with Gasteiger partial charge in [-0.1, -0.05) is 34.1 Å². The van der Waals surface area contributed by atoms with Crippen LogP contribution in [-0.2, 0) is 11.2 Å². The second-order valence-corrected chi connectivity index (χ2v) is 5.49. The molecule has 7 heteroatoms. The third-order valence-corrected chi connectivity index (χ3v) is 3.76. The topological polar surface area (TPSA) is 101 Å². The van der Waals surface area contributed by atoms with E-state index in [2.05, 4.69) is 26.2 Å². The minimum atomic E-state index is -0.240. The number of nitrogen functional groups attached to an aromatic ring is 1. The average Bonchev–Trinajstić information content (AvgIpc) is 2.50. The van der Waals surface area contributed by atoms with Gasteiger partial charge >= 0.3 is 0 Å². The van der Waals surface area contributed by atoms with Gasteiger partial charge in [-0.15, -0.1) is 0 Å². The van der Waals surface area contributed by atoms with E-state index in [1.54, 1.807) is 6.92 Å². The smallest absolute Gasteiger partial charge is 0.235 e. The van der Waals surface area contributed by atoms with Crippen LogP contribution in [0.1, 0.15) is 18.1 Å². The average molecular weight is 375 g/mol. The number of nitriles is 1. The van der Waals surface area contributed by atoms with Gasteiger partial charge in [0.25, 0.3) is 0 Å². The van der Waals surface area contributed by atoms with Gasteiger partial charge < -0.3 is 15.8 Å². The Hall–Kier alpha value is -2.59. The highest BCUT2D eigenvalue weighted by molar-refractivity contribution is 9.10. The molecule has 0 aliphatic carbocycles. The highest BCUT2D eigenvalue weighted by atomic mass is 79.9. The van der Waals surface area contributed by atoms with Crippen molar-refractivity contribution in [2.45, 2.75) is 13.3 Å². The molecule has 2 aromatic rings. The van der Waals surface area contributed by atoms with Gasteiger partial charge in [0.2, 0.25) is 11.8 Å². The Morgan fingerprint density at radius 1 is 1.48 bits per heavy atom. The quantitative estimate of drug-likeness (QED) is 0.837. The predicted molar refractivity (Wildman–Crippen MR) is 91.0 cm³/mol. The number of carbonyl (C=O) groups is 1. The first-order valence-electron chi connectivity index (χ1n) is 6.91. The number of benzene rings is 1. The van der Waals surface area contributed by atoms with Crippen molar-refractivity contribution in [3.05, 3.63) is 45.9 Å². The molecule has 6 nitrogen and oxygen atoms in total. The van der Waals surface area contributed by atoms with Crippen molar-refractivity contribution in [1.82, 2.24) is 4.98 Å². The zero-order valence-electron chi connectivity index (χ0n) is 12.5. The molecule has 3 N–H and O–H groups in total. The van der Waals surface area contributed by atoms with E-state index < -0.39 is 0 Å². The third kappa shape index (κ3) is 4.20. The van der Waals surface area contributed by atoms with Crippen LogP contribution in [0, 0.1) is 11.3 Å². The molecule has 0 aliphatic rings. The van der Waals surface area contributed by atoms with Gasteiger partial charge in [-0.3, -0.25) is 4.79 Å². The molecular formula is C16H15BrN4O2. The van der Waals surface area contributed by atoms with Crippen LogP contribution >= 0.6 is 15.9 Å². The summed E-state index contributed by atoms with van der Waals surface area (Å²) in [5.74, 6) is 0.129. The van der Waals surface area contributed by atoms with E-state index >= 15 is 0 Å². The molecule has 0 atom stereocenters. The number of hydrogen-bond donors (Lipinski definition) is 2. The SMILES string of the molecule is CCOc1nc(NC(=O)Cc2ccccc2Br)cc(N)c1C#N.